The summed E-state index contributed by atoms with van der Waals surface area (Å²) in [6.45, 7) is 4.81. The van der Waals surface area contributed by atoms with Crippen molar-refractivity contribution in [1.29, 1.82) is 0 Å². The van der Waals surface area contributed by atoms with Crippen molar-refractivity contribution in [2.24, 2.45) is 28.6 Å². The number of aliphatic hydroxyl groups excluding tert-OH is 2. The second kappa shape index (κ2) is 7.88. The van der Waals surface area contributed by atoms with E-state index in [1.165, 1.54) is 25.7 Å². The van der Waals surface area contributed by atoms with Crippen molar-refractivity contribution in [1.82, 2.24) is 0 Å². The van der Waals surface area contributed by atoms with Crippen LogP contribution in [0.2, 0.25) is 0 Å². The zero-order chi connectivity index (χ0) is 14.8. The van der Waals surface area contributed by atoms with Gasteiger partial charge in [-0.1, -0.05) is 25.5 Å². The minimum Gasteiger partial charge on any atom is -0.393 e. The van der Waals surface area contributed by atoms with Crippen molar-refractivity contribution in [3.63, 3.8) is 0 Å². The molecule has 0 saturated heterocycles. The summed E-state index contributed by atoms with van der Waals surface area (Å²) in [4.78, 5) is 0. The summed E-state index contributed by atoms with van der Waals surface area (Å²) < 4.78 is 0. The Morgan fingerprint density at radius 1 is 0.957 bits per heavy atom. The maximum Gasteiger partial charge on any atom is 0.0596 e. The van der Waals surface area contributed by atoms with Crippen molar-refractivity contribution in [2.45, 2.75) is 77.4 Å². The molecule has 0 amide bonds. The molecule has 0 bridgehead atoms. The summed E-state index contributed by atoms with van der Waals surface area (Å²) in [5.41, 5.74) is 2.05. The first-order valence-corrected chi connectivity index (χ1v) is 9.01. The van der Waals surface area contributed by atoms with E-state index in [0.717, 1.165) is 37.5 Å². The third-order valence-electron chi connectivity index (χ3n) is 8.03. The van der Waals surface area contributed by atoms with Crippen LogP contribution >= 0.6 is 0 Å². The van der Waals surface area contributed by atoms with Crippen LogP contribution in [0.25, 0.3) is 0 Å². The molecule has 4 aliphatic rings. The molecular formula is C19H30Ac2O2. The maximum absolute atomic E-state index is 10.5. The first-order chi connectivity index (χ1) is 9.95. The number of allylic oxidation sites excluding steroid dienone is 1. The first-order valence-electron chi connectivity index (χ1n) is 9.01. The molecule has 2 N–H and O–H groups in total. The predicted octanol–water partition coefficient (Wildman–Crippen LogP) is 3.67. The van der Waals surface area contributed by atoms with Gasteiger partial charge in [0.25, 0.3) is 0 Å². The Balaban J connectivity index is 0.000000960. The Labute approximate surface area is 212 Å². The van der Waals surface area contributed by atoms with Crippen LogP contribution in [-0.2, 0) is 0 Å². The van der Waals surface area contributed by atoms with Crippen molar-refractivity contribution in [3.8, 4) is 0 Å². The molecule has 0 aliphatic heterocycles. The van der Waals surface area contributed by atoms with E-state index in [1.807, 2.05) is 0 Å². The maximum atomic E-state index is 10.5. The SMILES string of the molecule is C[C@]12CCC3C(CC=C4CC(O)CC[C@@]43C)C1CCC2O.[Ac].[Ac]. The second-order valence-electron chi connectivity index (χ2n) is 8.79. The van der Waals surface area contributed by atoms with E-state index in [1.54, 1.807) is 5.57 Å². The molecule has 4 aliphatic carbocycles. The molecule has 0 spiro atoms. The number of fused-ring (bicyclic) bond motifs is 5. The van der Waals surface area contributed by atoms with E-state index < -0.39 is 0 Å². The molecule has 7 atom stereocenters. The number of aliphatic hydroxyl groups is 2. The summed E-state index contributed by atoms with van der Waals surface area (Å²) in [7, 11) is 0. The molecular weight excluding hydrogens is 714 g/mol. The fourth-order valence-electron chi connectivity index (χ4n) is 6.61. The largest absolute Gasteiger partial charge is 0.393 e. The molecule has 5 unspecified atom stereocenters. The summed E-state index contributed by atoms with van der Waals surface area (Å²) in [5.74, 6) is 2.27. The summed E-state index contributed by atoms with van der Waals surface area (Å²) in [6, 6.07) is 0. The van der Waals surface area contributed by atoms with Crippen LogP contribution in [0.3, 0.4) is 0 Å². The van der Waals surface area contributed by atoms with E-state index >= 15 is 0 Å². The number of hydrogen-bond acceptors (Lipinski definition) is 2. The predicted molar refractivity (Wildman–Crippen MR) is 83.7 cm³/mol. The zero-order valence-corrected chi connectivity index (χ0v) is 24.2. The Morgan fingerprint density at radius 3 is 2.43 bits per heavy atom. The van der Waals surface area contributed by atoms with E-state index in [0.29, 0.717) is 11.3 Å². The van der Waals surface area contributed by atoms with Crippen LogP contribution in [0, 0.1) is 117 Å². The van der Waals surface area contributed by atoms with Gasteiger partial charge in [-0.2, -0.15) is 0 Å². The third-order valence-corrected chi connectivity index (χ3v) is 8.03. The quantitative estimate of drug-likeness (QED) is 0.373. The average Bonchev–Trinajstić information content (AvgIpc) is 2.76. The summed E-state index contributed by atoms with van der Waals surface area (Å²) >= 11 is 0. The number of rotatable bonds is 0. The van der Waals surface area contributed by atoms with E-state index in [9.17, 15) is 10.2 Å². The molecule has 124 valence electrons. The Hall–Kier alpha value is 2.54. The van der Waals surface area contributed by atoms with Gasteiger partial charge in [0, 0.05) is 88.1 Å². The number of hydrogen-bond donors (Lipinski definition) is 2. The van der Waals surface area contributed by atoms with Crippen molar-refractivity contribution < 1.29 is 98.3 Å². The Bertz CT molecular complexity index is 480. The Morgan fingerprint density at radius 2 is 1.70 bits per heavy atom. The fraction of sp³-hybridized carbons (Fsp3) is 0.895. The van der Waals surface area contributed by atoms with Gasteiger partial charge in [0.1, 0.15) is 0 Å². The topological polar surface area (TPSA) is 40.5 Å². The molecule has 2 radical (unpaired) electrons. The van der Waals surface area contributed by atoms with E-state index in [4.69, 9.17) is 0 Å². The molecule has 0 aromatic carbocycles. The first kappa shape index (κ1) is 21.8. The average molecular weight is 744 g/mol. The molecule has 23 heavy (non-hydrogen) atoms. The van der Waals surface area contributed by atoms with Gasteiger partial charge in [-0.3, -0.25) is 0 Å². The minimum atomic E-state index is -0.108. The summed E-state index contributed by atoms with van der Waals surface area (Å²) in [6.07, 6.45) is 11.2. The van der Waals surface area contributed by atoms with Crippen LogP contribution < -0.4 is 0 Å². The van der Waals surface area contributed by atoms with Gasteiger partial charge in [-0.25, -0.2) is 0 Å². The van der Waals surface area contributed by atoms with Crippen LogP contribution in [0.15, 0.2) is 11.6 Å². The van der Waals surface area contributed by atoms with Crippen molar-refractivity contribution >= 4 is 0 Å². The monoisotopic (exact) mass is 744 g/mol. The molecule has 0 aromatic heterocycles. The van der Waals surface area contributed by atoms with Gasteiger partial charge < -0.3 is 10.2 Å². The van der Waals surface area contributed by atoms with Crippen LogP contribution in [0.5, 0.6) is 0 Å². The fourth-order valence-corrected chi connectivity index (χ4v) is 6.61. The van der Waals surface area contributed by atoms with Gasteiger partial charge >= 0.3 is 0 Å². The van der Waals surface area contributed by atoms with Crippen LogP contribution in [0.1, 0.15) is 65.2 Å². The summed E-state index contributed by atoms with van der Waals surface area (Å²) in [5, 5.41) is 20.5. The third kappa shape index (κ3) is 3.40. The van der Waals surface area contributed by atoms with Gasteiger partial charge in [0.2, 0.25) is 0 Å². The molecule has 3 fully saturated rings. The molecule has 3 saturated carbocycles. The van der Waals surface area contributed by atoms with Crippen LogP contribution in [-0.4, -0.2) is 22.4 Å². The normalized spacial score (nSPS) is 51.3. The van der Waals surface area contributed by atoms with Gasteiger partial charge in [0.15, 0.2) is 0 Å². The molecule has 2 nitrogen and oxygen atoms in total. The van der Waals surface area contributed by atoms with Gasteiger partial charge in [-0.15, -0.1) is 0 Å². The Kier molecular flexibility index (Phi) is 7.48. The standard InChI is InChI=1S/C19H30O2.2Ac/c1-18-9-7-13(20)11-12(18)3-4-14-15-5-6-17(21)19(15,2)10-8-16(14)18;;/h3,13-17,20-21H,4-11H2,1-2H3;;/t13?,14?,15?,16?,17?,18-,19-;;/m0../s1. The smallest absolute Gasteiger partial charge is 0.0596 e. The molecule has 4 rings (SSSR count). The zero-order valence-electron chi connectivity index (χ0n) is 14.7. The van der Waals surface area contributed by atoms with Gasteiger partial charge in [0.05, 0.1) is 12.2 Å². The molecule has 0 heterocycles. The van der Waals surface area contributed by atoms with Crippen molar-refractivity contribution in [2.75, 3.05) is 0 Å². The van der Waals surface area contributed by atoms with Gasteiger partial charge in [-0.05, 0) is 80.0 Å². The van der Waals surface area contributed by atoms with Crippen LogP contribution in [0.4, 0.5) is 0 Å². The minimum absolute atomic E-state index is 0. The molecule has 0 aromatic rings. The van der Waals surface area contributed by atoms with Crippen molar-refractivity contribution in [3.05, 3.63) is 11.6 Å². The van der Waals surface area contributed by atoms with E-state index in [2.05, 4.69) is 19.9 Å². The van der Waals surface area contributed by atoms with E-state index in [-0.39, 0.29) is 106 Å². The molecule has 4 heteroatoms. The second-order valence-corrected chi connectivity index (χ2v) is 8.79.